The summed E-state index contributed by atoms with van der Waals surface area (Å²) in [5.74, 6) is -10.2. The lowest BCUT2D eigenvalue weighted by molar-refractivity contribution is -0.131. The fourth-order valence-electron chi connectivity index (χ4n) is 1.50. The Morgan fingerprint density at radius 1 is 0.950 bits per heavy atom. The van der Waals surface area contributed by atoms with Gasteiger partial charge in [0.05, 0.1) is 5.56 Å². The summed E-state index contributed by atoms with van der Waals surface area (Å²) < 4.78 is 115. The van der Waals surface area contributed by atoms with Gasteiger partial charge in [-0.2, -0.15) is 13.2 Å². The summed E-state index contributed by atoms with van der Waals surface area (Å²) in [6.07, 6.45) is -12.4. The Balaban J connectivity index is 3.72. The van der Waals surface area contributed by atoms with E-state index >= 15 is 0 Å². The number of alkyl halides is 4. The summed E-state index contributed by atoms with van der Waals surface area (Å²) in [5.41, 5.74) is -4.12. The van der Waals surface area contributed by atoms with Gasteiger partial charge in [-0.25, -0.2) is 26.3 Å². The van der Waals surface area contributed by atoms with Crippen LogP contribution in [0.1, 0.15) is 30.6 Å². The summed E-state index contributed by atoms with van der Waals surface area (Å²) >= 11 is 0. The molecule has 0 fully saturated rings. The first-order valence-electron chi connectivity index (χ1n) is 5.13. The van der Waals surface area contributed by atoms with E-state index in [1.54, 1.807) is 0 Å². The maximum atomic E-state index is 13.4. The zero-order chi connectivity index (χ0) is 15.8. The number of hydrogen-bond acceptors (Lipinski definition) is 0. The van der Waals surface area contributed by atoms with Gasteiger partial charge in [-0.1, -0.05) is 6.92 Å². The van der Waals surface area contributed by atoms with Gasteiger partial charge in [-0.3, -0.25) is 0 Å². The summed E-state index contributed by atoms with van der Waals surface area (Å²) in [6, 6.07) is 0. The summed E-state index contributed by atoms with van der Waals surface area (Å²) in [5, 5.41) is 0. The highest BCUT2D eigenvalue weighted by atomic mass is 19.4. The molecule has 0 heterocycles. The fourth-order valence-corrected chi connectivity index (χ4v) is 1.50. The zero-order valence-corrected chi connectivity index (χ0v) is 9.69. The van der Waals surface area contributed by atoms with Crippen molar-refractivity contribution in [2.45, 2.75) is 25.7 Å². The third-order valence-corrected chi connectivity index (χ3v) is 2.44. The van der Waals surface area contributed by atoms with Crippen LogP contribution in [0.4, 0.5) is 39.5 Å². The van der Waals surface area contributed by atoms with E-state index in [1.165, 1.54) is 0 Å². The molecule has 0 aliphatic carbocycles. The van der Waals surface area contributed by atoms with Crippen LogP contribution in [0.15, 0.2) is 0 Å². The molecule has 0 spiro atoms. The highest BCUT2D eigenvalue weighted by molar-refractivity contribution is 5.42. The van der Waals surface area contributed by atoms with Crippen LogP contribution >= 0.6 is 0 Å². The number of hydrogen-bond donors (Lipinski definition) is 0. The van der Waals surface area contributed by atoms with Crippen LogP contribution in [0.3, 0.4) is 0 Å². The van der Waals surface area contributed by atoms with Crippen molar-refractivity contribution in [2.24, 2.45) is 0 Å². The summed E-state index contributed by atoms with van der Waals surface area (Å²) in [6.45, 7) is 1.01. The smallest absolute Gasteiger partial charge is 0.242 e. The van der Waals surface area contributed by atoms with Gasteiger partial charge in [0.15, 0.2) is 23.3 Å². The lowest BCUT2D eigenvalue weighted by Gasteiger charge is -2.19. The third kappa shape index (κ3) is 2.71. The van der Waals surface area contributed by atoms with Gasteiger partial charge in [0.2, 0.25) is 0 Å². The van der Waals surface area contributed by atoms with E-state index in [4.69, 9.17) is 0 Å². The Bertz CT molecular complexity index is 506. The Morgan fingerprint density at radius 3 is 1.80 bits per heavy atom. The molecular weight excluding hydrogens is 303 g/mol. The lowest BCUT2D eigenvalue weighted by atomic mass is 9.96. The van der Waals surface area contributed by atoms with Crippen LogP contribution in [0, 0.1) is 29.4 Å². The van der Waals surface area contributed by atoms with Crippen LogP contribution in [0.25, 0.3) is 0 Å². The van der Waals surface area contributed by atoms with Gasteiger partial charge in [-0.05, 0) is 6.42 Å². The average Bonchev–Trinajstić information content (AvgIpc) is 2.37. The van der Waals surface area contributed by atoms with E-state index in [0.29, 0.717) is 0 Å². The molecule has 0 bridgehead atoms. The first kappa shape index (κ1) is 16.6. The van der Waals surface area contributed by atoms with Crippen LogP contribution in [0.2, 0.25) is 0 Å². The molecule has 113 valence electrons. The van der Waals surface area contributed by atoms with Crippen molar-refractivity contribution in [1.82, 2.24) is 0 Å². The van der Waals surface area contributed by atoms with Crippen LogP contribution in [0.5, 0.6) is 0 Å². The Morgan fingerprint density at radius 2 is 1.40 bits per heavy atom. The lowest BCUT2D eigenvalue weighted by Crippen LogP contribution is -2.23. The van der Waals surface area contributed by atoms with Gasteiger partial charge >= 0.3 is 6.18 Å². The highest BCUT2D eigenvalue weighted by Gasteiger charge is 2.48. The van der Waals surface area contributed by atoms with Gasteiger partial charge < -0.3 is 0 Å². The van der Waals surface area contributed by atoms with E-state index in [2.05, 4.69) is 0 Å². The second-order valence-corrected chi connectivity index (χ2v) is 3.73. The van der Waals surface area contributed by atoms with Gasteiger partial charge in [0, 0.05) is 5.56 Å². The minimum atomic E-state index is -5.81. The molecule has 1 radical (unpaired) electrons. The van der Waals surface area contributed by atoms with Gasteiger partial charge in [-0.15, -0.1) is 0 Å². The molecule has 1 unspecified atom stereocenters. The normalized spacial score (nSPS) is 13.9. The maximum absolute atomic E-state index is 13.4. The molecule has 1 rings (SSSR count). The van der Waals surface area contributed by atoms with E-state index in [9.17, 15) is 39.5 Å². The third-order valence-electron chi connectivity index (χ3n) is 2.44. The maximum Gasteiger partial charge on any atom is 0.430 e. The summed E-state index contributed by atoms with van der Waals surface area (Å²) in [4.78, 5) is 0. The first-order valence-corrected chi connectivity index (χ1v) is 5.13. The second-order valence-electron chi connectivity index (χ2n) is 3.73. The van der Waals surface area contributed by atoms with E-state index < -0.39 is 59.3 Å². The number of rotatable bonds is 3. The van der Waals surface area contributed by atoms with Gasteiger partial charge in [0.25, 0.3) is 6.17 Å². The number of halogens is 9. The van der Waals surface area contributed by atoms with Crippen molar-refractivity contribution in [1.29, 1.82) is 0 Å². The van der Waals surface area contributed by atoms with Crippen molar-refractivity contribution in [3.63, 3.8) is 0 Å². The zero-order valence-electron chi connectivity index (χ0n) is 9.69. The Labute approximate surface area is 107 Å². The fraction of sp³-hybridized carbons (Fsp3) is 0.364. The van der Waals surface area contributed by atoms with Crippen molar-refractivity contribution in [3.8, 4) is 0 Å². The molecule has 0 saturated carbocycles. The van der Waals surface area contributed by atoms with Crippen molar-refractivity contribution >= 4 is 0 Å². The molecule has 1 aromatic rings. The van der Waals surface area contributed by atoms with Crippen LogP contribution in [-0.4, -0.2) is 6.18 Å². The van der Waals surface area contributed by atoms with Crippen molar-refractivity contribution in [2.75, 3.05) is 0 Å². The van der Waals surface area contributed by atoms with Crippen LogP contribution < -0.4 is 0 Å². The molecule has 9 heteroatoms. The Hall–Kier alpha value is -1.41. The molecule has 0 amide bonds. The first-order chi connectivity index (χ1) is 9.03. The standard InChI is InChI=1S/C11H6F9/c1-2-3(12)4-5(10(17)11(18,19)20)7(14)9(16)8(15)6(4)13/h3H,2H2,1H3. The molecule has 0 nitrogen and oxygen atoms in total. The Kier molecular flexibility index (Phi) is 4.60. The number of benzene rings is 1. The molecule has 1 aromatic carbocycles. The molecule has 0 N–H and O–H groups in total. The molecule has 20 heavy (non-hydrogen) atoms. The van der Waals surface area contributed by atoms with Crippen LogP contribution in [-0.2, 0) is 0 Å². The predicted octanol–water partition coefficient (Wildman–Crippen LogP) is 5.08. The molecule has 0 aliphatic rings. The predicted molar refractivity (Wildman–Crippen MR) is 49.9 cm³/mol. The minimum absolute atomic E-state index is 0.695. The monoisotopic (exact) mass is 309 g/mol. The van der Waals surface area contributed by atoms with E-state index in [-0.39, 0.29) is 0 Å². The SMILES string of the molecule is CCC(F)c1c(F)c(F)c(F)c(F)c1[C](F)C(F)(F)F. The molecule has 0 aromatic heterocycles. The molecule has 0 saturated heterocycles. The molecular formula is C11H6F9. The van der Waals surface area contributed by atoms with Crippen molar-refractivity contribution < 1.29 is 39.5 Å². The summed E-state index contributed by atoms with van der Waals surface area (Å²) in [7, 11) is 0. The topological polar surface area (TPSA) is 0 Å². The van der Waals surface area contributed by atoms with E-state index in [0.717, 1.165) is 6.92 Å². The minimum Gasteiger partial charge on any atom is -0.242 e. The second kappa shape index (κ2) is 5.53. The van der Waals surface area contributed by atoms with Crippen molar-refractivity contribution in [3.05, 3.63) is 40.6 Å². The largest absolute Gasteiger partial charge is 0.430 e. The quantitative estimate of drug-likeness (QED) is 0.415. The molecule has 0 aliphatic heterocycles. The highest BCUT2D eigenvalue weighted by Crippen LogP contribution is 2.43. The average molecular weight is 309 g/mol. The van der Waals surface area contributed by atoms with Gasteiger partial charge in [0.1, 0.15) is 6.17 Å². The molecule has 1 atom stereocenters. The van der Waals surface area contributed by atoms with E-state index in [1.807, 2.05) is 0 Å².